The Morgan fingerprint density at radius 1 is 1.22 bits per heavy atom. The highest BCUT2D eigenvalue weighted by molar-refractivity contribution is 5.25. The molecule has 0 aromatic carbocycles. The summed E-state index contributed by atoms with van der Waals surface area (Å²) in [5.74, 6) is 0.626. The molecule has 0 bridgehead atoms. The van der Waals surface area contributed by atoms with Crippen molar-refractivity contribution in [2.24, 2.45) is 11.7 Å². The maximum atomic E-state index is 6.52. The third-order valence-corrected chi connectivity index (χ3v) is 4.13. The van der Waals surface area contributed by atoms with Gasteiger partial charge in [0.2, 0.25) is 0 Å². The maximum Gasteiger partial charge on any atom is 0.0676 e. The van der Waals surface area contributed by atoms with Crippen LogP contribution in [-0.4, -0.2) is 10.2 Å². The molecule has 0 spiro atoms. The van der Waals surface area contributed by atoms with E-state index in [4.69, 9.17) is 5.73 Å². The topological polar surface area (TPSA) is 51.8 Å². The average Bonchev–Trinajstić information content (AvgIpc) is 2.66. The highest BCUT2D eigenvalue weighted by Crippen LogP contribution is 2.33. The van der Waals surface area contributed by atoms with Crippen LogP contribution in [-0.2, 0) is 6.42 Å². The van der Waals surface area contributed by atoms with Crippen LogP contribution in [0.5, 0.6) is 0 Å². The van der Waals surface area contributed by atoms with E-state index in [2.05, 4.69) is 23.2 Å². The van der Waals surface area contributed by atoms with E-state index in [1.165, 1.54) is 44.1 Å². The van der Waals surface area contributed by atoms with Gasteiger partial charge in [-0.05, 0) is 43.7 Å². The van der Waals surface area contributed by atoms with Crippen molar-refractivity contribution in [1.29, 1.82) is 0 Å². The maximum absolute atomic E-state index is 6.52. The Morgan fingerprint density at radius 2 is 1.89 bits per heavy atom. The van der Waals surface area contributed by atoms with Crippen LogP contribution in [0.3, 0.4) is 0 Å². The molecule has 1 aliphatic rings. The van der Waals surface area contributed by atoms with Gasteiger partial charge < -0.3 is 5.73 Å². The van der Waals surface area contributed by atoms with Crippen LogP contribution in [0.1, 0.15) is 68.4 Å². The Bertz CT molecular complexity index is 381. The van der Waals surface area contributed by atoms with E-state index in [1.54, 1.807) is 0 Å². The predicted octanol–water partition coefficient (Wildman–Crippen LogP) is 3.32. The quantitative estimate of drug-likeness (QED) is 0.834. The predicted molar refractivity (Wildman–Crippen MR) is 74.3 cm³/mol. The van der Waals surface area contributed by atoms with Gasteiger partial charge in [0.1, 0.15) is 0 Å². The van der Waals surface area contributed by atoms with E-state index < -0.39 is 0 Å². The van der Waals surface area contributed by atoms with Crippen molar-refractivity contribution in [1.82, 2.24) is 10.2 Å². The van der Waals surface area contributed by atoms with Crippen molar-refractivity contribution < 1.29 is 0 Å². The first-order chi connectivity index (χ1) is 8.72. The lowest BCUT2D eigenvalue weighted by Gasteiger charge is -2.24. The number of nitrogens with zero attached hydrogens (tertiary/aromatic N) is 2. The SMILES string of the molecule is CCc1nnc(C)cc1C(N)C1CCCCCC1. The molecular weight excluding hydrogens is 222 g/mol. The summed E-state index contributed by atoms with van der Waals surface area (Å²) in [6.07, 6.45) is 8.87. The normalized spacial score (nSPS) is 19.5. The molecule has 1 saturated carbocycles. The Morgan fingerprint density at radius 3 is 2.50 bits per heavy atom. The Hall–Kier alpha value is -0.960. The van der Waals surface area contributed by atoms with E-state index in [0.29, 0.717) is 5.92 Å². The molecule has 1 heterocycles. The Kier molecular flexibility index (Phi) is 4.70. The van der Waals surface area contributed by atoms with E-state index >= 15 is 0 Å². The summed E-state index contributed by atoms with van der Waals surface area (Å²) in [7, 11) is 0. The second kappa shape index (κ2) is 6.28. The van der Waals surface area contributed by atoms with Gasteiger partial charge in [-0.3, -0.25) is 0 Å². The van der Waals surface area contributed by atoms with Gasteiger partial charge in [0.25, 0.3) is 0 Å². The van der Waals surface area contributed by atoms with Gasteiger partial charge in [-0.15, -0.1) is 0 Å². The van der Waals surface area contributed by atoms with Crippen LogP contribution in [0.2, 0.25) is 0 Å². The standard InChI is InChI=1S/C15H25N3/c1-3-14-13(10-11(2)17-18-14)15(16)12-8-6-4-5-7-9-12/h10,12,15H,3-9,16H2,1-2H3. The number of aryl methyl sites for hydroxylation is 2. The molecule has 1 fully saturated rings. The molecule has 2 rings (SSSR count). The van der Waals surface area contributed by atoms with Gasteiger partial charge in [-0.2, -0.15) is 10.2 Å². The highest BCUT2D eigenvalue weighted by Gasteiger charge is 2.23. The molecule has 0 amide bonds. The molecule has 3 heteroatoms. The molecule has 0 aliphatic heterocycles. The number of rotatable bonds is 3. The summed E-state index contributed by atoms with van der Waals surface area (Å²) in [6, 6.07) is 2.29. The molecule has 1 atom stereocenters. The van der Waals surface area contributed by atoms with Gasteiger partial charge in [-0.1, -0.05) is 32.6 Å². The molecule has 1 aromatic heterocycles. The second-order valence-electron chi connectivity index (χ2n) is 5.52. The number of aromatic nitrogens is 2. The van der Waals surface area contributed by atoms with Gasteiger partial charge in [0.05, 0.1) is 11.4 Å². The molecule has 1 unspecified atom stereocenters. The van der Waals surface area contributed by atoms with E-state index in [9.17, 15) is 0 Å². The van der Waals surface area contributed by atoms with Crippen LogP contribution in [0, 0.1) is 12.8 Å². The lowest BCUT2D eigenvalue weighted by molar-refractivity contribution is 0.379. The average molecular weight is 247 g/mol. The Labute approximate surface area is 110 Å². The summed E-state index contributed by atoms with van der Waals surface area (Å²) in [6.45, 7) is 4.12. The molecule has 2 N–H and O–H groups in total. The fourth-order valence-electron chi connectivity index (χ4n) is 3.02. The van der Waals surface area contributed by atoms with Gasteiger partial charge in [0.15, 0.2) is 0 Å². The van der Waals surface area contributed by atoms with E-state index in [1.807, 2.05) is 6.92 Å². The van der Waals surface area contributed by atoms with Crippen LogP contribution >= 0.6 is 0 Å². The smallest absolute Gasteiger partial charge is 0.0676 e. The first-order valence-electron chi connectivity index (χ1n) is 7.31. The molecule has 0 radical (unpaired) electrons. The first-order valence-corrected chi connectivity index (χ1v) is 7.31. The van der Waals surface area contributed by atoms with Gasteiger partial charge in [-0.25, -0.2) is 0 Å². The summed E-state index contributed by atoms with van der Waals surface area (Å²) in [4.78, 5) is 0. The zero-order chi connectivity index (χ0) is 13.0. The number of hydrogen-bond acceptors (Lipinski definition) is 3. The third-order valence-electron chi connectivity index (χ3n) is 4.13. The summed E-state index contributed by atoms with van der Waals surface area (Å²) >= 11 is 0. The summed E-state index contributed by atoms with van der Waals surface area (Å²) in [5.41, 5.74) is 9.81. The zero-order valence-corrected chi connectivity index (χ0v) is 11.7. The van der Waals surface area contributed by atoms with Crippen LogP contribution in [0.4, 0.5) is 0 Å². The first kappa shape index (κ1) is 13.5. The molecule has 1 aliphatic carbocycles. The molecular formula is C15H25N3. The minimum atomic E-state index is 0.146. The van der Waals surface area contributed by atoms with Crippen molar-refractivity contribution in [3.63, 3.8) is 0 Å². The zero-order valence-electron chi connectivity index (χ0n) is 11.7. The molecule has 0 saturated heterocycles. The van der Waals surface area contributed by atoms with Gasteiger partial charge in [0, 0.05) is 6.04 Å². The lowest BCUT2D eigenvalue weighted by Crippen LogP contribution is -2.23. The van der Waals surface area contributed by atoms with Crippen molar-refractivity contribution >= 4 is 0 Å². The Balaban J connectivity index is 2.20. The summed E-state index contributed by atoms with van der Waals surface area (Å²) in [5, 5.41) is 8.46. The van der Waals surface area contributed by atoms with E-state index in [-0.39, 0.29) is 6.04 Å². The van der Waals surface area contributed by atoms with Gasteiger partial charge >= 0.3 is 0 Å². The third kappa shape index (κ3) is 3.08. The second-order valence-corrected chi connectivity index (χ2v) is 5.52. The van der Waals surface area contributed by atoms with Crippen molar-refractivity contribution in [2.45, 2.75) is 64.8 Å². The fourth-order valence-corrected chi connectivity index (χ4v) is 3.02. The molecule has 1 aromatic rings. The highest BCUT2D eigenvalue weighted by atomic mass is 15.1. The minimum absolute atomic E-state index is 0.146. The van der Waals surface area contributed by atoms with Crippen molar-refractivity contribution in [3.05, 3.63) is 23.0 Å². The van der Waals surface area contributed by atoms with Crippen LogP contribution < -0.4 is 5.73 Å². The molecule has 3 nitrogen and oxygen atoms in total. The summed E-state index contributed by atoms with van der Waals surface area (Å²) < 4.78 is 0. The lowest BCUT2D eigenvalue weighted by atomic mass is 9.87. The minimum Gasteiger partial charge on any atom is -0.324 e. The number of nitrogens with two attached hydrogens (primary N) is 1. The van der Waals surface area contributed by atoms with Crippen LogP contribution in [0.25, 0.3) is 0 Å². The largest absolute Gasteiger partial charge is 0.324 e. The van der Waals surface area contributed by atoms with E-state index in [0.717, 1.165) is 17.8 Å². The number of hydrogen-bond donors (Lipinski definition) is 1. The van der Waals surface area contributed by atoms with Crippen LogP contribution in [0.15, 0.2) is 6.07 Å². The van der Waals surface area contributed by atoms with Crippen molar-refractivity contribution in [3.8, 4) is 0 Å². The molecule has 18 heavy (non-hydrogen) atoms. The van der Waals surface area contributed by atoms with Crippen molar-refractivity contribution in [2.75, 3.05) is 0 Å². The monoisotopic (exact) mass is 247 g/mol. The fraction of sp³-hybridized carbons (Fsp3) is 0.733. The molecule has 100 valence electrons.